The molecular weight excluding hydrogens is 397 g/mol. The topological polar surface area (TPSA) is 67.6 Å². The van der Waals surface area contributed by atoms with Crippen LogP contribution in [0.5, 0.6) is 0 Å². The Kier molecular flexibility index (Phi) is 4.84. The number of oxazole rings is 1. The van der Waals surface area contributed by atoms with E-state index in [2.05, 4.69) is 32.9 Å². The molecule has 0 aliphatic rings. The van der Waals surface area contributed by atoms with Crippen LogP contribution in [0.3, 0.4) is 0 Å². The fourth-order valence-corrected chi connectivity index (χ4v) is 2.60. The molecule has 7 heteroatoms. The van der Waals surface area contributed by atoms with E-state index >= 15 is 0 Å². The average molecular weight is 417 g/mol. The van der Waals surface area contributed by atoms with Crippen molar-refractivity contribution in [2.75, 3.05) is 19.0 Å². The number of halogens is 1. The highest BCUT2D eigenvalue weighted by atomic mass is 127. The molecule has 0 atom stereocenters. The van der Waals surface area contributed by atoms with Crippen molar-refractivity contribution in [3.05, 3.63) is 21.3 Å². The van der Waals surface area contributed by atoms with Crippen molar-refractivity contribution >= 4 is 45.8 Å². The first-order chi connectivity index (χ1) is 10.2. The zero-order valence-electron chi connectivity index (χ0n) is 13.4. The number of nitrogens with one attached hydrogen (secondary N) is 1. The third-order valence-electron chi connectivity index (χ3n) is 2.71. The van der Waals surface area contributed by atoms with Gasteiger partial charge in [-0.25, -0.2) is 4.79 Å². The van der Waals surface area contributed by atoms with Crippen LogP contribution < -0.4 is 10.2 Å². The Hall–Kier alpha value is -1.51. The zero-order chi connectivity index (χ0) is 16.5. The van der Waals surface area contributed by atoms with E-state index in [1.165, 1.54) is 0 Å². The second-order valence-corrected chi connectivity index (χ2v) is 7.33. The van der Waals surface area contributed by atoms with Crippen LogP contribution in [0.15, 0.2) is 16.5 Å². The molecule has 1 heterocycles. The van der Waals surface area contributed by atoms with Gasteiger partial charge in [0, 0.05) is 20.6 Å². The molecule has 0 saturated heterocycles. The summed E-state index contributed by atoms with van der Waals surface area (Å²) >= 11 is 2.20. The van der Waals surface area contributed by atoms with Gasteiger partial charge < -0.3 is 19.4 Å². The Morgan fingerprint density at radius 1 is 1.41 bits per heavy atom. The molecule has 120 valence electrons. The number of alkyl carbamates (subject to hydrolysis) is 1. The van der Waals surface area contributed by atoms with Crippen molar-refractivity contribution < 1.29 is 13.9 Å². The van der Waals surface area contributed by atoms with Gasteiger partial charge in [-0.1, -0.05) is 0 Å². The summed E-state index contributed by atoms with van der Waals surface area (Å²) in [7, 11) is 3.76. The Morgan fingerprint density at radius 3 is 2.68 bits per heavy atom. The van der Waals surface area contributed by atoms with Gasteiger partial charge in [0.15, 0.2) is 5.58 Å². The Morgan fingerprint density at radius 2 is 2.09 bits per heavy atom. The van der Waals surface area contributed by atoms with E-state index in [0.29, 0.717) is 12.6 Å². The second kappa shape index (κ2) is 6.31. The van der Waals surface area contributed by atoms with Crippen LogP contribution in [-0.2, 0) is 11.3 Å². The van der Waals surface area contributed by atoms with Gasteiger partial charge >= 0.3 is 6.09 Å². The van der Waals surface area contributed by atoms with E-state index in [0.717, 1.165) is 20.2 Å². The van der Waals surface area contributed by atoms with Crippen LogP contribution in [-0.4, -0.2) is 30.8 Å². The molecule has 0 bridgehead atoms. The van der Waals surface area contributed by atoms with Crippen LogP contribution in [0.4, 0.5) is 10.8 Å². The lowest BCUT2D eigenvalue weighted by atomic mass is 10.2. The minimum absolute atomic E-state index is 0.380. The van der Waals surface area contributed by atoms with Crippen LogP contribution in [0, 0.1) is 3.57 Å². The number of rotatable bonds is 3. The highest BCUT2D eigenvalue weighted by molar-refractivity contribution is 14.1. The number of hydrogen-bond acceptors (Lipinski definition) is 5. The predicted octanol–water partition coefficient (Wildman–Crippen LogP) is 3.52. The molecule has 2 aromatic rings. The molecule has 22 heavy (non-hydrogen) atoms. The van der Waals surface area contributed by atoms with Gasteiger partial charge in [-0.05, 0) is 61.1 Å². The number of carbonyl (C=O) groups is 1. The maximum absolute atomic E-state index is 11.7. The van der Waals surface area contributed by atoms with E-state index < -0.39 is 11.7 Å². The largest absolute Gasteiger partial charge is 0.444 e. The zero-order valence-corrected chi connectivity index (χ0v) is 15.5. The molecule has 1 amide bonds. The number of carbonyl (C=O) groups excluding carboxylic acids is 1. The maximum atomic E-state index is 11.7. The standard InChI is InChI=1S/C15H20IN3O3/c1-15(2,3)22-14(20)17-8-9-6-10(16)12-11(7-9)18-13(21-12)19(4)5/h6-7H,8H2,1-5H3,(H,17,20). The van der Waals surface area contributed by atoms with Crippen molar-refractivity contribution in [1.29, 1.82) is 0 Å². The van der Waals surface area contributed by atoms with Crippen molar-refractivity contribution in [1.82, 2.24) is 10.3 Å². The minimum atomic E-state index is -0.505. The summed E-state index contributed by atoms with van der Waals surface area (Å²) in [6.45, 7) is 5.88. The van der Waals surface area contributed by atoms with Gasteiger partial charge in [0.2, 0.25) is 0 Å². The Bertz CT molecular complexity index is 689. The van der Waals surface area contributed by atoms with Crippen LogP contribution in [0.1, 0.15) is 26.3 Å². The molecule has 0 saturated carbocycles. The van der Waals surface area contributed by atoms with E-state index in [4.69, 9.17) is 9.15 Å². The molecule has 1 aromatic heterocycles. The first kappa shape index (κ1) is 16.9. The molecule has 1 N–H and O–H groups in total. The molecule has 1 aromatic carbocycles. The lowest BCUT2D eigenvalue weighted by Gasteiger charge is -2.19. The third-order valence-corrected chi connectivity index (χ3v) is 3.51. The van der Waals surface area contributed by atoms with Gasteiger partial charge in [0.25, 0.3) is 6.01 Å². The van der Waals surface area contributed by atoms with Crippen molar-refractivity contribution in [2.45, 2.75) is 32.9 Å². The van der Waals surface area contributed by atoms with E-state index in [9.17, 15) is 4.79 Å². The highest BCUT2D eigenvalue weighted by Gasteiger charge is 2.16. The first-order valence-electron chi connectivity index (χ1n) is 6.89. The number of fused-ring (bicyclic) bond motifs is 1. The van der Waals surface area contributed by atoms with E-state index in [1.54, 1.807) is 0 Å². The summed E-state index contributed by atoms with van der Waals surface area (Å²) in [5.41, 5.74) is 1.97. The Labute approximate surface area is 143 Å². The lowest BCUT2D eigenvalue weighted by molar-refractivity contribution is 0.0523. The maximum Gasteiger partial charge on any atom is 0.407 e. The number of aromatic nitrogens is 1. The molecule has 0 spiro atoms. The van der Waals surface area contributed by atoms with Crippen LogP contribution in [0.25, 0.3) is 11.1 Å². The number of ether oxygens (including phenoxy) is 1. The Balaban J connectivity index is 2.14. The first-order valence-corrected chi connectivity index (χ1v) is 7.97. The normalized spacial score (nSPS) is 11.5. The summed E-state index contributed by atoms with van der Waals surface area (Å²) in [4.78, 5) is 17.9. The average Bonchev–Trinajstić information content (AvgIpc) is 2.79. The monoisotopic (exact) mass is 417 g/mol. The summed E-state index contributed by atoms with van der Waals surface area (Å²) < 4.78 is 11.9. The summed E-state index contributed by atoms with van der Waals surface area (Å²) in [6, 6.07) is 4.43. The molecule has 0 aliphatic carbocycles. The number of amides is 1. The minimum Gasteiger partial charge on any atom is -0.444 e. The highest BCUT2D eigenvalue weighted by Crippen LogP contribution is 2.26. The summed E-state index contributed by atoms with van der Waals surface area (Å²) in [5.74, 6) is 0. The van der Waals surface area contributed by atoms with E-state index in [-0.39, 0.29) is 0 Å². The lowest BCUT2D eigenvalue weighted by Crippen LogP contribution is -2.32. The third kappa shape index (κ3) is 4.25. The number of hydrogen-bond donors (Lipinski definition) is 1. The van der Waals surface area contributed by atoms with Gasteiger partial charge in [-0.3, -0.25) is 0 Å². The number of benzene rings is 1. The van der Waals surface area contributed by atoms with Crippen LogP contribution in [0.2, 0.25) is 0 Å². The molecule has 0 fully saturated rings. The van der Waals surface area contributed by atoms with Gasteiger partial charge in [0.1, 0.15) is 11.1 Å². The molecule has 6 nitrogen and oxygen atoms in total. The quantitative estimate of drug-likeness (QED) is 0.775. The van der Waals surface area contributed by atoms with Crippen molar-refractivity contribution in [2.24, 2.45) is 0 Å². The summed E-state index contributed by atoms with van der Waals surface area (Å²) in [5, 5.41) is 2.74. The van der Waals surface area contributed by atoms with Crippen molar-refractivity contribution in [3.8, 4) is 0 Å². The second-order valence-electron chi connectivity index (χ2n) is 6.17. The van der Waals surface area contributed by atoms with Crippen molar-refractivity contribution in [3.63, 3.8) is 0 Å². The van der Waals surface area contributed by atoms with Gasteiger partial charge in [-0.15, -0.1) is 0 Å². The van der Waals surface area contributed by atoms with E-state index in [1.807, 2.05) is 51.9 Å². The molecule has 0 aliphatic heterocycles. The van der Waals surface area contributed by atoms with Gasteiger partial charge in [-0.2, -0.15) is 4.98 Å². The molecule has 0 radical (unpaired) electrons. The predicted molar refractivity (Wildman–Crippen MR) is 94.1 cm³/mol. The fraction of sp³-hybridized carbons (Fsp3) is 0.467. The van der Waals surface area contributed by atoms with Crippen LogP contribution >= 0.6 is 22.6 Å². The molecular formula is C15H20IN3O3. The molecule has 0 unspecified atom stereocenters. The molecule has 2 rings (SSSR count). The number of anilines is 1. The fourth-order valence-electron chi connectivity index (χ4n) is 1.82. The number of nitrogens with zero attached hydrogens (tertiary/aromatic N) is 2. The van der Waals surface area contributed by atoms with Gasteiger partial charge in [0.05, 0.1) is 3.57 Å². The summed E-state index contributed by atoms with van der Waals surface area (Å²) in [6.07, 6.45) is -0.434. The SMILES string of the molecule is CN(C)c1nc2cc(CNC(=O)OC(C)(C)C)cc(I)c2o1. The smallest absolute Gasteiger partial charge is 0.407 e.